The highest BCUT2D eigenvalue weighted by Gasteiger charge is 2.11. The number of benzene rings is 1. The number of allylic oxidation sites excluding steroid dienone is 2. The molecule has 2 rings (SSSR count). The van der Waals surface area contributed by atoms with Gasteiger partial charge in [0.25, 0.3) is 0 Å². The van der Waals surface area contributed by atoms with Crippen molar-refractivity contribution in [3.63, 3.8) is 0 Å². The van der Waals surface area contributed by atoms with Gasteiger partial charge in [0.05, 0.1) is 12.7 Å². The molecule has 2 heteroatoms. The number of Topliss-reactive ketones (excluding diaryl/α,β-unsaturated/α-hetero) is 1. The summed E-state index contributed by atoms with van der Waals surface area (Å²) in [6, 6.07) is 7.47. The Bertz CT molecular complexity index is 484. The van der Waals surface area contributed by atoms with Crippen LogP contribution in [0.2, 0.25) is 0 Å². The minimum absolute atomic E-state index is 0.154. The van der Waals surface area contributed by atoms with E-state index in [1.165, 1.54) is 0 Å². The van der Waals surface area contributed by atoms with Gasteiger partial charge in [0, 0.05) is 12.0 Å². The molecule has 1 aromatic rings. The number of hydrogen-bond acceptors (Lipinski definition) is 2. The fourth-order valence-electron chi connectivity index (χ4n) is 1.53. The molecule has 1 aliphatic rings. The molecular weight excluding hydrogens is 200 g/mol. The van der Waals surface area contributed by atoms with Gasteiger partial charge in [-0.3, -0.25) is 4.79 Å². The van der Waals surface area contributed by atoms with Gasteiger partial charge in [-0.2, -0.15) is 0 Å². The number of rotatable bonds is 1. The standard InChI is InChI=1S/C14H12O2/c1-16-13-9-6-11(7-10-13)5-8-12-3-2-4-14(12)15/h3,6-7,9-10H,2,4H2,1H3. The Kier molecular flexibility index (Phi) is 3.07. The third-order valence-electron chi connectivity index (χ3n) is 2.45. The van der Waals surface area contributed by atoms with Crippen molar-refractivity contribution < 1.29 is 9.53 Å². The van der Waals surface area contributed by atoms with E-state index in [1.807, 2.05) is 30.3 Å². The summed E-state index contributed by atoms with van der Waals surface area (Å²) < 4.78 is 5.05. The topological polar surface area (TPSA) is 26.3 Å². The third kappa shape index (κ3) is 2.32. The van der Waals surface area contributed by atoms with E-state index < -0.39 is 0 Å². The molecule has 0 atom stereocenters. The van der Waals surface area contributed by atoms with Crippen LogP contribution in [0.1, 0.15) is 18.4 Å². The van der Waals surface area contributed by atoms with E-state index >= 15 is 0 Å². The van der Waals surface area contributed by atoms with Gasteiger partial charge in [0.15, 0.2) is 5.78 Å². The molecule has 0 radical (unpaired) electrons. The van der Waals surface area contributed by atoms with Crippen molar-refractivity contribution in [2.45, 2.75) is 12.8 Å². The van der Waals surface area contributed by atoms with Crippen LogP contribution in [0, 0.1) is 11.8 Å². The van der Waals surface area contributed by atoms with E-state index in [4.69, 9.17) is 4.74 Å². The number of ether oxygens (including phenoxy) is 1. The minimum Gasteiger partial charge on any atom is -0.497 e. The maximum atomic E-state index is 11.3. The van der Waals surface area contributed by atoms with Gasteiger partial charge in [-0.05, 0) is 30.7 Å². The second kappa shape index (κ2) is 4.67. The molecule has 0 saturated carbocycles. The molecule has 0 saturated heterocycles. The zero-order valence-corrected chi connectivity index (χ0v) is 9.12. The van der Waals surface area contributed by atoms with Crippen molar-refractivity contribution in [2.75, 3.05) is 7.11 Å². The largest absolute Gasteiger partial charge is 0.497 e. The lowest BCUT2D eigenvalue weighted by atomic mass is 10.2. The molecule has 0 heterocycles. The molecule has 0 unspecified atom stereocenters. The summed E-state index contributed by atoms with van der Waals surface area (Å²) in [4.78, 5) is 11.3. The lowest BCUT2D eigenvalue weighted by Crippen LogP contribution is -1.92. The molecule has 0 bridgehead atoms. The second-order valence-electron chi connectivity index (χ2n) is 3.56. The summed E-state index contributed by atoms with van der Waals surface area (Å²) in [5.41, 5.74) is 1.54. The van der Waals surface area contributed by atoms with Crippen LogP contribution in [0.5, 0.6) is 5.75 Å². The van der Waals surface area contributed by atoms with Crippen LogP contribution in [0.15, 0.2) is 35.9 Å². The van der Waals surface area contributed by atoms with Gasteiger partial charge in [-0.15, -0.1) is 0 Å². The summed E-state index contributed by atoms with van der Waals surface area (Å²) in [5, 5.41) is 0. The first-order valence-corrected chi connectivity index (χ1v) is 5.19. The molecular formula is C14H12O2. The number of ketones is 1. The Morgan fingerprint density at radius 1 is 1.19 bits per heavy atom. The van der Waals surface area contributed by atoms with Gasteiger partial charge in [0.1, 0.15) is 5.75 Å². The quantitative estimate of drug-likeness (QED) is 0.668. The van der Waals surface area contributed by atoms with Crippen molar-refractivity contribution in [3.8, 4) is 17.6 Å². The van der Waals surface area contributed by atoms with Crippen LogP contribution < -0.4 is 4.74 Å². The summed E-state index contributed by atoms with van der Waals surface area (Å²) in [6.07, 6.45) is 3.33. The highest BCUT2D eigenvalue weighted by molar-refractivity contribution is 6.01. The third-order valence-corrected chi connectivity index (χ3v) is 2.45. The molecule has 1 aromatic carbocycles. The predicted octanol–water partition coefficient (Wildman–Crippen LogP) is 2.34. The Hall–Kier alpha value is -2.01. The summed E-state index contributed by atoms with van der Waals surface area (Å²) >= 11 is 0. The van der Waals surface area contributed by atoms with Gasteiger partial charge in [-0.25, -0.2) is 0 Å². The molecule has 80 valence electrons. The van der Waals surface area contributed by atoms with E-state index in [1.54, 1.807) is 7.11 Å². The van der Waals surface area contributed by atoms with Crippen molar-refractivity contribution in [1.82, 2.24) is 0 Å². The number of carbonyl (C=O) groups excluding carboxylic acids is 1. The Balaban J connectivity index is 2.14. The van der Waals surface area contributed by atoms with E-state index in [0.717, 1.165) is 17.7 Å². The van der Waals surface area contributed by atoms with Crippen LogP contribution in [-0.2, 0) is 4.79 Å². The first-order valence-electron chi connectivity index (χ1n) is 5.19. The number of methoxy groups -OCH3 is 1. The lowest BCUT2D eigenvalue weighted by Gasteiger charge is -1.97. The van der Waals surface area contributed by atoms with Gasteiger partial charge in [-0.1, -0.05) is 17.9 Å². The van der Waals surface area contributed by atoms with Crippen LogP contribution in [0.3, 0.4) is 0 Å². The van der Waals surface area contributed by atoms with Crippen LogP contribution in [0.25, 0.3) is 0 Å². The van der Waals surface area contributed by atoms with Crippen LogP contribution >= 0.6 is 0 Å². The lowest BCUT2D eigenvalue weighted by molar-refractivity contribution is -0.114. The van der Waals surface area contributed by atoms with Crippen molar-refractivity contribution in [1.29, 1.82) is 0 Å². The average molecular weight is 212 g/mol. The Morgan fingerprint density at radius 2 is 1.94 bits per heavy atom. The van der Waals surface area contributed by atoms with E-state index in [0.29, 0.717) is 12.0 Å². The van der Waals surface area contributed by atoms with Crippen molar-refractivity contribution >= 4 is 5.78 Å². The maximum absolute atomic E-state index is 11.3. The highest BCUT2D eigenvalue weighted by atomic mass is 16.5. The van der Waals surface area contributed by atoms with Gasteiger partial charge < -0.3 is 4.74 Å². The van der Waals surface area contributed by atoms with Crippen LogP contribution in [0.4, 0.5) is 0 Å². The molecule has 0 N–H and O–H groups in total. The molecule has 0 aliphatic heterocycles. The maximum Gasteiger partial charge on any atom is 0.171 e. The average Bonchev–Trinajstić information content (AvgIpc) is 2.73. The fraction of sp³-hybridized carbons (Fsp3) is 0.214. The first kappa shape index (κ1) is 10.5. The summed E-state index contributed by atoms with van der Waals surface area (Å²) in [5.74, 6) is 6.84. The van der Waals surface area contributed by atoms with Gasteiger partial charge in [0.2, 0.25) is 0 Å². The van der Waals surface area contributed by atoms with Gasteiger partial charge >= 0.3 is 0 Å². The van der Waals surface area contributed by atoms with E-state index in [2.05, 4.69) is 11.8 Å². The number of carbonyl (C=O) groups is 1. The second-order valence-corrected chi connectivity index (χ2v) is 3.56. The molecule has 0 spiro atoms. The summed E-state index contributed by atoms with van der Waals surface area (Å²) in [7, 11) is 1.63. The minimum atomic E-state index is 0.154. The molecule has 0 aromatic heterocycles. The van der Waals surface area contributed by atoms with E-state index in [9.17, 15) is 4.79 Å². The van der Waals surface area contributed by atoms with Crippen molar-refractivity contribution in [3.05, 3.63) is 41.5 Å². The Morgan fingerprint density at radius 3 is 2.50 bits per heavy atom. The number of hydrogen-bond donors (Lipinski definition) is 0. The predicted molar refractivity (Wildman–Crippen MR) is 62.2 cm³/mol. The molecule has 0 fully saturated rings. The summed E-state index contributed by atoms with van der Waals surface area (Å²) in [6.45, 7) is 0. The molecule has 16 heavy (non-hydrogen) atoms. The molecule has 0 amide bonds. The molecule has 2 nitrogen and oxygen atoms in total. The highest BCUT2D eigenvalue weighted by Crippen LogP contribution is 2.13. The Labute approximate surface area is 94.9 Å². The zero-order valence-electron chi connectivity index (χ0n) is 9.12. The zero-order chi connectivity index (χ0) is 11.4. The smallest absolute Gasteiger partial charge is 0.171 e. The monoisotopic (exact) mass is 212 g/mol. The molecule has 1 aliphatic carbocycles. The van der Waals surface area contributed by atoms with E-state index in [-0.39, 0.29) is 5.78 Å². The fourth-order valence-corrected chi connectivity index (χ4v) is 1.53. The first-order chi connectivity index (χ1) is 7.79. The normalized spacial score (nSPS) is 14.1. The SMILES string of the molecule is COc1ccc(C#CC2=CCCC2=O)cc1. The van der Waals surface area contributed by atoms with Crippen molar-refractivity contribution in [2.24, 2.45) is 0 Å². The van der Waals surface area contributed by atoms with Crippen LogP contribution in [-0.4, -0.2) is 12.9 Å².